The van der Waals surface area contributed by atoms with Crippen molar-refractivity contribution in [2.75, 3.05) is 6.61 Å². The summed E-state index contributed by atoms with van der Waals surface area (Å²) < 4.78 is 5.54. The molecule has 0 amide bonds. The fourth-order valence-corrected chi connectivity index (χ4v) is 1.84. The van der Waals surface area contributed by atoms with Crippen LogP contribution in [0.2, 0.25) is 0 Å². The first kappa shape index (κ1) is 10.5. The second-order valence-corrected chi connectivity index (χ2v) is 3.62. The monoisotopic (exact) mass is 198 g/mol. The summed E-state index contributed by atoms with van der Waals surface area (Å²) in [4.78, 5) is 11.2. The van der Waals surface area contributed by atoms with Gasteiger partial charge in [0.25, 0.3) is 0 Å². The molecule has 1 aliphatic carbocycles. The first-order valence-corrected chi connectivity index (χ1v) is 4.77. The normalized spacial score (nSPS) is 32.1. The van der Waals surface area contributed by atoms with Gasteiger partial charge in [-0.25, -0.2) is 0 Å². The highest BCUT2D eigenvalue weighted by Gasteiger charge is 2.35. The Morgan fingerprint density at radius 3 is 2.85 bits per heavy atom. The van der Waals surface area contributed by atoms with Gasteiger partial charge in [-0.2, -0.15) is 0 Å². The smallest absolute Gasteiger partial charge is 0.196 e. The molecule has 0 saturated carbocycles. The average Bonchev–Trinajstić information content (AvgIpc) is 2.04. The Morgan fingerprint density at radius 1 is 1.62 bits per heavy atom. The zero-order valence-electron chi connectivity index (χ0n) is 7.86. The summed E-state index contributed by atoms with van der Waals surface area (Å²) in [5, 5.41) is -0.156. The van der Waals surface area contributed by atoms with Crippen LogP contribution >= 0.6 is 12.6 Å². The predicted molar refractivity (Wildman–Crippen MR) is 55.8 cm³/mol. The predicted octanol–water partition coefficient (Wildman–Crippen LogP) is 1.98. The quantitative estimate of drug-likeness (QED) is 0.702. The Balaban J connectivity index is 2.86. The van der Waals surface area contributed by atoms with Crippen molar-refractivity contribution < 1.29 is 9.53 Å². The summed E-state index contributed by atoms with van der Waals surface area (Å²) in [5.41, 5.74) is -0.525. The molecule has 72 valence electrons. The van der Waals surface area contributed by atoms with Crippen molar-refractivity contribution in [1.29, 1.82) is 0 Å². The Morgan fingerprint density at radius 2 is 2.31 bits per heavy atom. The Hall–Kier alpha value is -0.540. The molecule has 0 bridgehead atoms. The van der Waals surface area contributed by atoms with E-state index in [4.69, 9.17) is 4.74 Å². The molecule has 2 atom stereocenters. The molecule has 0 N–H and O–H groups in total. The van der Waals surface area contributed by atoms with Gasteiger partial charge in [0.15, 0.2) is 5.12 Å². The van der Waals surface area contributed by atoms with Crippen LogP contribution in [0.25, 0.3) is 0 Å². The largest absolute Gasteiger partial charge is 0.370 e. The molecule has 0 saturated heterocycles. The highest BCUT2D eigenvalue weighted by molar-refractivity contribution is 7.96. The van der Waals surface area contributed by atoms with Gasteiger partial charge in [-0.15, -0.1) is 12.6 Å². The molecule has 3 heteroatoms. The summed E-state index contributed by atoms with van der Waals surface area (Å²) in [7, 11) is 0. The minimum absolute atomic E-state index is 0.156. The Bertz CT molecular complexity index is 258. The molecule has 1 rings (SSSR count). The minimum atomic E-state index is -0.525. The number of carbonyl (C=O) groups excluding carboxylic acids is 1. The van der Waals surface area contributed by atoms with Crippen molar-refractivity contribution in [2.24, 2.45) is 5.92 Å². The van der Waals surface area contributed by atoms with Gasteiger partial charge < -0.3 is 4.74 Å². The Kier molecular flexibility index (Phi) is 3.33. The molecule has 1 aliphatic rings. The van der Waals surface area contributed by atoms with Gasteiger partial charge in [0, 0.05) is 6.61 Å². The number of rotatable bonds is 3. The maximum atomic E-state index is 11.2. The van der Waals surface area contributed by atoms with Crippen molar-refractivity contribution in [3.8, 4) is 0 Å². The third kappa shape index (κ3) is 2.23. The first-order chi connectivity index (χ1) is 6.10. The SMILES string of the molecule is CCOC1(C)C=CC=CC1C(=O)S. The molecule has 2 unspecified atom stereocenters. The number of allylic oxidation sites excluding steroid dienone is 2. The molecule has 0 aromatic heterocycles. The lowest BCUT2D eigenvalue weighted by Crippen LogP contribution is -2.39. The van der Waals surface area contributed by atoms with Gasteiger partial charge in [-0.3, -0.25) is 4.79 Å². The number of carbonyl (C=O) groups is 1. The van der Waals surface area contributed by atoms with E-state index in [2.05, 4.69) is 12.6 Å². The van der Waals surface area contributed by atoms with E-state index in [1.807, 2.05) is 38.2 Å². The van der Waals surface area contributed by atoms with Gasteiger partial charge in [-0.1, -0.05) is 24.3 Å². The van der Waals surface area contributed by atoms with Crippen molar-refractivity contribution in [3.63, 3.8) is 0 Å². The highest BCUT2D eigenvalue weighted by atomic mass is 32.1. The summed E-state index contributed by atoms with van der Waals surface area (Å²) >= 11 is 3.84. The lowest BCUT2D eigenvalue weighted by atomic mass is 9.86. The highest BCUT2D eigenvalue weighted by Crippen LogP contribution is 2.29. The zero-order chi connectivity index (χ0) is 9.90. The molecular formula is C10H14O2S. The zero-order valence-corrected chi connectivity index (χ0v) is 8.75. The standard InChI is InChI=1S/C10H14O2S/c1-3-12-10(2)7-5-4-6-8(10)9(11)13/h4-8H,3H2,1-2H3,(H,11,13). The van der Waals surface area contributed by atoms with Crippen LogP contribution in [0.5, 0.6) is 0 Å². The molecule has 13 heavy (non-hydrogen) atoms. The van der Waals surface area contributed by atoms with E-state index < -0.39 is 5.60 Å². The van der Waals surface area contributed by atoms with Gasteiger partial charge in [0.1, 0.15) is 0 Å². The summed E-state index contributed by atoms with van der Waals surface area (Å²) in [6.45, 7) is 4.40. The van der Waals surface area contributed by atoms with E-state index in [-0.39, 0.29) is 11.0 Å². The van der Waals surface area contributed by atoms with Crippen molar-refractivity contribution in [1.82, 2.24) is 0 Å². The molecule has 0 aromatic carbocycles. The van der Waals surface area contributed by atoms with Crippen LogP contribution < -0.4 is 0 Å². The first-order valence-electron chi connectivity index (χ1n) is 4.33. The van der Waals surface area contributed by atoms with Crippen molar-refractivity contribution >= 4 is 17.7 Å². The van der Waals surface area contributed by atoms with E-state index in [9.17, 15) is 4.79 Å². The maximum absolute atomic E-state index is 11.2. The van der Waals surface area contributed by atoms with Gasteiger partial charge in [0.2, 0.25) is 0 Å². The fraction of sp³-hybridized carbons (Fsp3) is 0.500. The van der Waals surface area contributed by atoms with Crippen LogP contribution in [0, 0.1) is 5.92 Å². The summed E-state index contributed by atoms with van der Waals surface area (Å²) in [6.07, 6.45) is 7.46. The average molecular weight is 198 g/mol. The molecule has 0 radical (unpaired) electrons. The number of hydrogen-bond donors (Lipinski definition) is 1. The third-order valence-corrected chi connectivity index (χ3v) is 2.46. The molecular weight excluding hydrogens is 184 g/mol. The summed E-state index contributed by atoms with van der Waals surface area (Å²) in [6, 6.07) is 0. The molecule has 0 spiro atoms. The molecule has 0 fully saturated rings. The summed E-state index contributed by atoms with van der Waals surface area (Å²) in [5.74, 6) is -0.277. The van der Waals surface area contributed by atoms with Crippen LogP contribution in [-0.2, 0) is 9.53 Å². The maximum Gasteiger partial charge on any atom is 0.196 e. The third-order valence-electron chi connectivity index (χ3n) is 2.18. The van der Waals surface area contributed by atoms with Crippen molar-refractivity contribution in [2.45, 2.75) is 19.4 Å². The number of ether oxygens (including phenoxy) is 1. The second-order valence-electron chi connectivity index (χ2n) is 3.18. The van der Waals surface area contributed by atoms with Crippen LogP contribution in [0.3, 0.4) is 0 Å². The molecule has 0 aromatic rings. The topological polar surface area (TPSA) is 26.3 Å². The van der Waals surface area contributed by atoms with Crippen LogP contribution in [-0.4, -0.2) is 17.3 Å². The van der Waals surface area contributed by atoms with E-state index in [0.29, 0.717) is 6.61 Å². The van der Waals surface area contributed by atoms with Crippen molar-refractivity contribution in [3.05, 3.63) is 24.3 Å². The fourth-order valence-electron chi connectivity index (χ4n) is 1.49. The number of hydrogen-bond acceptors (Lipinski definition) is 2. The van der Waals surface area contributed by atoms with E-state index in [0.717, 1.165) is 0 Å². The molecule has 0 aliphatic heterocycles. The Labute approximate surface area is 84.1 Å². The van der Waals surface area contributed by atoms with E-state index in [1.165, 1.54) is 0 Å². The lowest BCUT2D eigenvalue weighted by molar-refractivity contribution is -0.120. The lowest BCUT2D eigenvalue weighted by Gasteiger charge is -2.32. The van der Waals surface area contributed by atoms with Gasteiger partial charge >= 0.3 is 0 Å². The van der Waals surface area contributed by atoms with Gasteiger partial charge in [0.05, 0.1) is 11.5 Å². The second kappa shape index (κ2) is 4.11. The number of thiol groups is 1. The molecule has 2 nitrogen and oxygen atoms in total. The van der Waals surface area contributed by atoms with Crippen LogP contribution in [0.4, 0.5) is 0 Å². The van der Waals surface area contributed by atoms with E-state index in [1.54, 1.807) is 0 Å². The van der Waals surface area contributed by atoms with Crippen LogP contribution in [0.15, 0.2) is 24.3 Å². The van der Waals surface area contributed by atoms with Gasteiger partial charge in [-0.05, 0) is 13.8 Å². The van der Waals surface area contributed by atoms with Crippen LogP contribution in [0.1, 0.15) is 13.8 Å². The van der Waals surface area contributed by atoms with E-state index >= 15 is 0 Å². The minimum Gasteiger partial charge on any atom is -0.370 e. The molecule has 0 heterocycles.